The minimum absolute atomic E-state index is 0.0612. The zero-order valence-electron chi connectivity index (χ0n) is 22.5. The van der Waals surface area contributed by atoms with Gasteiger partial charge < -0.3 is 24.4 Å². The first-order chi connectivity index (χ1) is 20.1. The van der Waals surface area contributed by atoms with Crippen LogP contribution in [0.4, 0.5) is 13.6 Å². The van der Waals surface area contributed by atoms with E-state index in [2.05, 4.69) is 15.0 Å². The Balaban J connectivity index is 1.54. The van der Waals surface area contributed by atoms with Crippen molar-refractivity contribution >= 4 is 49.2 Å². The minimum Gasteiger partial charge on any atom is -0.435 e. The summed E-state index contributed by atoms with van der Waals surface area (Å²) in [7, 11) is -4.25. The number of rotatable bonds is 12. The molecule has 226 valence electrons. The van der Waals surface area contributed by atoms with Gasteiger partial charge in [-0.2, -0.15) is 8.78 Å². The van der Waals surface area contributed by atoms with Gasteiger partial charge in [0.2, 0.25) is 5.78 Å². The number of fused-ring (bicyclic) bond motifs is 1. The summed E-state index contributed by atoms with van der Waals surface area (Å²) >= 11 is 1.15. The molecule has 3 aromatic rings. The molecular formula is C27H29F2N3O8S2. The van der Waals surface area contributed by atoms with E-state index < -0.39 is 57.9 Å². The van der Waals surface area contributed by atoms with Crippen LogP contribution in [0.25, 0.3) is 10.2 Å². The van der Waals surface area contributed by atoms with Gasteiger partial charge in [-0.25, -0.2) is 18.2 Å². The Morgan fingerprint density at radius 2 is 1.79 bits per heavy atom. The quantitative estimate of drug-likeness (QED) is 0.300. The van der Waals surface area contributed by atoms with Crippen molar-refractivity contribution in [3.63, 3.8) is 0 Å². The van der Waals surface area contributed by atoms with Crippen molar-refractivity contribution in [1.29, 1.82) is 0 Å². The standard InChI is InChI=1S/C27H29F2N3O8S2/c1-2-18(23(33)25-31-19-8-4-6-10-22(19)41-25)30-24(34)21(40-27(35)32-11-13-38-14-12-32)16-42(36,37)15-17-7-3-5-9-20(17)39-26(28)29/h3-10,18,21,26H,2,11-16H2,1H3,(H,30,34)/t18-,21-/m0/s1. The summed E-state index contributed by atoms with van der Waals surface area (Å²) < 4.78 is 67.9. The zero-order valence-corrected chi connectivity index (χ0v) is 24.2. The van der Waals surface area contributed by atoms with E-state index >= 15 is 0 Å². The Hall–Kier alpha value is -3.69. The molecule has 0 unspecified atom stereocenters. The zero-order chi connectivity index (χ0) is 30.3. The van der Waals surface area contributed by atoms with Crippen LogP contribution < -0.4 is 10.1 Å². The largest absolute Gasteiger partial charge is 0.435 e. The van der Waals surface area contributed by atoms with Crippen LogP contribution in [0, 0.1) is 0 Å². The molecule has 2 amide bonds. The molecule has 1 aromatic heterocycles. The van der Waals surface area contributed by atoms with Crippen molar-refractivity contribution in [2.75, 3.05) is 32.1 Å². The Morgan fingerprint density at radius 3 is 2.48 bits per heavy atom. The van der Waals surface area contributed by atoms with Crippen LogP contribution in [0.15, 0.2) is 48.5 Å². The van der Waals surface area contributed by atoms with Gasteiger partial charge in [0, 0.05) is 18.7 Å². The summed E-state index contributed by atoms with van der Waals surface area (Å²) in [4.78, 5) is 45.1. The highest BCUT2D eigenvalue weighted by Crippen LogP contribution is 2.25. The highest BCUT2D eigenvalue weighted by Gasteiger charge is 2.34. The maximum Gasteiger partial charge on any atom is 0.410 e. The van der Waals surface area contributed by atoms with Gasteiger partial charge in [-0.1, -0.05) is 37.3 Å². The van der Waals surface area contributed by atoms with Crippen molar-refractivity contribution in [3.8, 4) is 5.75 Å². The molecule has 0 saturated carbocycles. The Labute approximate surface area is 244 Å². The number of nitrogens with zero attached hydrogens (tertiary/aromatic N) is 2. The monoisotopic (exact) mass is 625 g/mol. The molecule has 2 atom stereocenters. The summed E-state index contributed by atoms with van der Waals surface area (Å²) in [5, 5.41) is 2.67. The van der Waals surface area contributed by atoms with Crippen molar-refractivity contribution in [2.45, 2.75) is 37.9 Å². The van der Waals surface area contributed by atoms with Crippen LogP contribution in [-0.2, 0) is 29.9 Å². The number of thiazole rings is 1. The summed E-state index contributed by atoms with van der Waals surface area (Å²) in [5.41, 5.74) is 0.556. The van der Waals surface area contributed by atoms with E-state index in [0.29, 0.717) is 5.52 Å². The average Bonchev–Trinajstić information content (AvgIpc) is 3.40. The van der Waals surface area contributed by atoms with E-state index in [1.54, 1.807) is 31.2 Å². The second-order valence-electron chi connectivity index (χ2n) is 9.33. The number of ketones is 1. The van der Waals surface area contributed by atoms with Crippen LogP contribution >= 0.6 is 11.3 Å². The van der Waals surface area contributed by atoms with E-state index in [-0.39, 0.29) is 49.0 Å². The molecule has 1 fully saturated rings. The number of hydrogen-bond donors (Lipinski definition) is 1. The van der Waals surface area contributed by atoms with E-state index in [9.17, 15) is 31.6 Å². The van der Waals surface area contributed by atoms with Gasteiger partial charge >= 0.3 is 12.7 Å². The summed E-state index contributed by atoms with van der Waals surface area (Å²) in [6, 6.07) is 11.4. The molecular weight excluding hydrogens is 596 g/mol. The molecule has 42 heavy (non-hydrogen) atoms. The maximum absolute atomic E-state index is 13.4. The number of alkyl halides is 2. The van der Waals surface area contributed by atoms with Crippen LogP contribution in [0.5, 0.6) is 5.75 Å². The van der Waals surface area contributed by atoms with Crippen molar-refractivity contribution in [1.82, 2.24) is 15.2 Å². The number of aromatic nitrogens is 1. The lowest BCUT2D eigenvalue weighted by Crippen LogP contribution is -2.51. The molecule has 1 aliphatic heterocycles. The summed E-state index contributed by atoms with van der Waals surface area (Å²) in [5.74, 6) is -3.56. The minimum atomic E-state index is -4.25. The van der Waals surface area contributed by atoms with Crippen molar-refractivity contribution in [2.24, 2.45) is 0 Å². The van der Waals surface area contributed by atoms with Crippen LogP contribution in [0.2, 0.25) is 0 Å². The van der Waals surface area contributed by atoms with Crippen molar-refractivity contribution < 1.29 is 45.8 Å². The van der Waals surface area contributed by atoms with E-state index in [1.165, 1.54) is 29.2 Å². The van der Waals surface area contributed by atoms with E-state index in [4.69, 9.17) is 9.47 Å². The van der Waals surface area contributed by atoms with E-state index in [1.807, 2.05) is 0 Å². The fourth-order valence-electron chi connectivity index (χ4n) is 4.21. The molecule has 4 rings (SSSR count). The number of carbonyl (C=O) groups excluding carboxylic acids is 3. The third kappa shape index (κ3) is 8.20. The Bertz CT molecular complexity index is 1490. The van der Waals surface area contributed by atoms with Gasteiger partial charge in [0.1, 0.15) is 5.75 Å². The molecule has 0 spiro atoms. The van der Waals surface area contributed by atoms with Gasteiger partial charge in [-0.15, -0.1) is 11.3 Å². The lowest BCUT2D eigenvalue weighted by atomic mass is 10.1. The normalized spacial score (nSPS) is 15.3. The van der Waals surface area contributed by atoms with Gasteiger partial charge in [0.25, 0.3) is 5.91 Å². The number of Topliss-reactive ketones (excluding diaryl/α,β-unsaturated/α-hetero) is 1. The number of halogens is 2. The predicted molar refractivity (Wildman–Crippen MR) is 149 cm³/mol. The molecule has 2 heterocycles. The lowest BCUT2D eigenvalue weighted by Gasteiger charge is -2.28. The molecule has 11 nitrogen and oxygen atoms in total. The molecule has 0 radical (unpaired) electrons. The maximum atomic E-state index is 13.4. The number of para-hydroxylation sites is 2. The van der Waals surface area contributed by atoms with Crippen LogP contribution in [-0.4, -0.2) is 86.9 Å². The first-order valence-corrected chi connectivity index (χ1v) is 15.7. The number of nitrogens with one attached hydrogen (secondary N) is 1. The molecule has 1 saturated heterocycles. The topological polar surface area (TPSA) is 141 Å². The number of hydrogen-bond acceptors (Lipinski definition) is 10. The molecule has 0 bridgehead atoms. The van der Waals surface area contributed by atoms with E-state index in [0.717, 1.165) is 16.0 Å². The average molecular weight is 626 g/mol. The van der Waals surface area contributed by atoms with Crippen LogP contribution in [0.1, 0.15) is 28.7 Å². The second-order valence-corrected chi connectivity index (χ2v) is 12.5. The number of benzene rings is 2. The number of ether oxygens (including phenoxy) is 3. The van der Waals surface area contributed by atoms with Gasteiger partial charge in [-0.3, -0.25) is 9.59 Å². The first kappa shape index (κ1) is 31.3. The third-order valence-electron chi connectivity index (χ3n) is 6.32. The Kier molecular flexibility index (Phi) is 10.4. The van der Waals surface area contributed by atoms with Gasteiger partial charge in [-0.05, 0) is 24.6 Å². The first-order valence-electron chi connectivity index (χ1n) is 13.0. The second kappa shape index (κ2) is 14.0. The molecule has 15 heteroatoms. The molecule has 0 aliphatic carbocycles. The molecule has 1 aliphatic rings. The van der Waals surface area contributed by atoms with Gasteiger partial charge in [0.15, 0.2) is 20.9 Å². The van der Waals surface area contributed by atoms with Gasteiger partial charge in [0.05, 0.1) is 41.0 Å². The number of amides is 2. The number of carbonyl (C=O) groups is 3. The number of sulfone groups is 1. The fraction of sp³-hybridized carbons (Fsp3) is 0.407. The smallest absolute Gasteiger partial charge is 0.410 e. The number of morpholine rings is 1. The Morgan fingerprint density at radius 1 is 1.10 bits per heavy atom. The molecule has 2 aromatic carbocycles. The lowest BCUT2D eigenvalue weighted by molar-refractivity contribution is -0.129. The SMILES string of the molecule is CC[C@H](NC(=O)[C@H](CS(=O)(=O)Cc1ccccc1OC(F)F)OC(=O)N1CCOCC1)C(=O)c1nc2ccccc2s1. The molecule has 1 N–H and O–H groups in total. The van der Waals surface area contributed by atoms with Crippen molar-refractivity contribution in [3.05, 3.63) is 59.1 Å². The fourth-order valence-corrected chi connectivity index (χ4v) is 6.68. The summed E-state index contributed by atoms with van der Waals surface area (Å²) in [6.07, 6.45) is -2.62. The summed E-state index contributed by atoms with van der Waals surface area (Å²) in [6.45, 7) is -0.709. The van der Waals surface area contributed by atoms with Crippen LogP contribution in [0.3, 0.4) is 0 Å². The third-order valence-corrected chi connectivity index (χ3v) is 8.93. The highest BCUT2D eigenvalue weighted by atomic mass is 32.2. The highest BCUT2D eigenvalue weighted by molar-refractivity contribution is 7.90. The predicted octanol–water partition coefficient (Wildman–Crippen LogP) is 3.43.